The van der Waals surface area contributed by atoms with Crippen LogP contribution in [0.5, 0.6) is 0 Å². The largest absolute Gasteiger partial charge is 0.478 e. The van der Waals surface area contributed by atoms with Gasteiger partial charge >= 0.3 is 28.8 Å². The van der Waals surface area contributed by atoms with Crippen molar-refractivity contribution in [2.24, 2.45) is 0 Å². The van der Waals surface area contributed by atoms with E-state index in [2.05, 4.69) is 0 Å². The van der Waals surface area contributed by atoms with Crippen LogP contribution in [0.15, 0.2) is 14.4 Å². The minimum absolute atomic E-state index is 0.0305. The lowest BCUT2D eigenvalue weighted by Crippen LogP contribution is -2.64. The van der Waals surface area contributed by atoms with Gasteiger partial charge in [-0.15, -0.1) is 0 Å². The van der Waals surface area contributed by atoms with Gasteiger partial charge in [0.2, 0.25) is 6.29 Å². The Morgan fingerprint density at radius 2 is 1.57 bits per heavy atom. The molecule has 1 heterocycles. The van der Waals surface area contributed by atoms with Gasteiger partial charge in [0.25, 0.3) is 0 Å². The summed E-state index contributed by atoms with van der Waals surface area (Å²) in [5, 5.41) is 9.66. The zero-order chi connectivity index (χ0) is 17.6. The summed E-state index contributed by atoms with van der Waals surface area (Å²) in [5.41, 5.74) is -6.20. The SMILES string of the molecule is CCOC(OCC)C(OCC)(C(=O)O)n1c(=O)[nH]c(=O)[nH]c1=O. The predicted molar refractivity (Wildman–Crippen MR) is 76.2 cm³/mol. The highest BCUT2D eigenvalue weighted by Crippen LogP contribution is 2.24. The Labute approximate surface area is 129 Å². The van der Waals surface area contributed by atoms with Gasteiger partial charge in [-0.1, -0.05) is 0 Å². The van der Waals surface area contributed by atoms with Gasteiger partial charge in [-0.2, -0.15) is 4.57 Å². The molecule has 11 nitrogen and oxygen atoms in total. The maximum Gasteiger partial charge on any atom is 0.363 e. The molecule has 1 aromatic heterocycles. The average Bonchev–Trinajstić information content (AvgIpc) is 2.44. The molecule has 130 valence electrons. The Morgan fingerprint density at radius 1 is 1.09 bits per heavy atom. The average molecular weight is 333 g/mol. The molecule has 0 spiro atoms. The van der Waals surface area contributed by atoms with E-state index in [0.717, 1.165) is 0 Å². The van der Waals surface area contributed by atoms with Crippen LogP contribution in [0.4, 0.5) is 0 Å². The van der Waals surface area contributed by atoms with Crippen molar-refractivity contribution in [2.75, 3.05) is 19.8 Å². The predicted octanol–water partition coefficient (Wildman–Crippen LogP) is -1.60. The van der Waals surface area contributed by atoms with Crippen molar-refractivity contribution in [3.63, 3.8) is 0 Å². The number of H-pyrrole nitrogens is 2. The number of aliphatic carboxylic acids is 1. The highest BCUT2D eigenvalue weighted by molar-refractivity contribution is 5.75. The molecular formula is C12H19N3O8. The van der Waals surface area contributed by atoms with Gasteiger partial charge in [0, 0.05) is 19.8 Å². The summed E-state index contributed by atoms with van der Waals surface area (Å²) in [6.45, 7) is 4.51. The van der Waals surface area contributed by atoms with Gasteiger partial charge in [0.05, 0.1) is 0 Å². The van der Waals surface area contributed by atoms with Crippen LogP contribution in [0.1, 0.15) is 20.8 Å². The standard InChI is InChI=1S/C12H19N3O8/c1-4-21-8(22-5-2)12(7(16)17,23-6-3)15-10(19)13-9(18)14-11(15)20/h8H,4-6H2,1-3H3,(H,16,17)(H2,13,14,18,19,20). The maximum atomic E-state index is 12.0. The van der Waals surface area contributed by atoms with E-state index in [9.17, 15) is 24.3 Å². The fraction of sp³-hybridized carbons (Fsp3) is 0.667. The summed E-state index contributed by atoms with van der Waals surface area (Å²) in [4.78, 5) is 50.7. The zero-order valence-corrected chi connectivity index (χ0v) is 13.0. The Balaban J connectivity index is 3.77. The molecule has 11 heteroatoms. The van der Waals surface area contributed by atoms with E-state index in [1.54, 1.807) is 23.8 Å². The van der Waals surface area contributed by atoms with Crippen LogP contribution in [0, 0.1) is 0 Å². The molecule has 1 atom stereocenters. The number of ether oxygens (including phenoxy) is 3. The smallest absolute Gasteiger partial charge is 0.363 e. The molecule has 1 aromatic rings. The Morgan fingerprint density at radius 3 is 1.91 bits per heavy atom. The lowest BCUT2D eigenvalue weighted by Gasteiger charge is -2.35. The number of carbonyl (C=O) groups is 1. The highest BCUT2D eigenvalue weighted by atomic mass is 16.7. The third kappa shape index (κ3) is 3.57. The van der Waals surface area contributed by atoms with Crippen molar-refractivity contribution in [1.82, 2.24) is 14.5 Å². The number of carboxylic acid groups (broad SMARTS) is 1. The highest BCUT2D eigenvalue weighted by Gasteiger charge is 2.53. The lowest BCUT2D eigenvalue weighted by molar-refractivity contribution is -0.284. The fourth-order valence-electron chi connectivity index (χ4n) is 2.02. The van der Waals surface area contributed by atoms with Crippen LogP contribution in [-0.2, 0) is 24.7 Å². The van der Waals surface area contributed by atoms with Crippen molar-refractivity contribution < 1.29 is 24.1 Å². The number of hydrogen-bond acceptors (Lipinski definition) is 7. The van der Waals surface area contributed by atoms with E-state index in [4.69, 9.17) is 14.2 Å². The van der Waals surface area contributed by atoms with Gasteiger partial charge in [-0.3, -0.25) is 9.97 Å². The molecule has 0 aliphatic carbocycles. The lowest BCUT2D eigenvalue weighted by atomic mass is 10.2. The van der Waals surface area contributed by atoms with Crippen molar-refractivity contribution in [2.45, 2.75) is 32.8 Å². The molecule has 0 aliphatic heterocycles. The normalized spacial score (nSPS) is 13.9. The number of hydrogen-bond donors (Lipinski definition) is 3. The van der Waals surface area contributed by atoms with Gasteiger partial charge in [-0.05, 0) is 20.8 Å². The van der Waals surface area contributed by atoms with Gasteiger partial charge < -0.3 is 19.3 Å². The number of rotatable bonds is 9. The summed E-state index contributed by atoms with van der Waals surface area (Å²) in [5.74, 6) is -1.69. The molecule has 0 radical (unpaired) electrons. The van der Waals surface area contributed by atoms with Crippen LogP contribution in [0.2, 0.25) is 0 Å². The van der Waals surface area contributed by atoms with Crippen molar-refractivity contribution in [3.8, 4) is 0 Å². The maximum absolute atomic E-state index is 12.0. The fourth-order valence-corrected chi connectivity index (χ4v) is 2.02. The number of nitrogens with zero attached hydrogens (tertiary/aromatic N) is 1. The molecule has 0 bridgehead atoms. The summed E-state index contributed by atoms with van der Waals surface area (Å²) >= 11 is 0. The summed E-state index contributed by atoms with van der Waals surface area (Å²) in [7, 11) is 0. The van der Waals surface area contributed by atoms with Crippen molar-refractivity contribution in [1.29, 1.82) is 0 Å². The van der Waals surface area contributed by atoms with Gasteiger partial charge in [-0.25, -0.2) is 19.2 Å². The first-order valence-electron chi connectivity index (χ1n) is 6.91. The van der Waals surface area contributed by atoms with E-state index in [1.165, 1.54) is 6.92 Å². The van der Waals surface area contributed by atoms with Crippen molar-refractivity contribution >= 4 is 5.97 Å². The van der Waals surface area contributed by atoms with Gasteiger partial charge in [0.1, 0.15) is 0 Å². The summed E-state index contributed by atoms with van der Waals surface area (Å²) in [6, 6.07) is 0. The topological polar surface area (TPSA) is 153 Å². The molecule has 1 rings (SSSR count). The van der Waals surface area contributed by atoms with E-state index < -0.39 is 35.1 Å². The van der Waals surface area contributed by atoms with Crippen LogP contribution < -0.4 is 17.1 Å². The minimum atomic E-state index is -2.60. The third-order valence-electron chi connectivity index (χ3n) is 2.81. The van der Waals surface area contributed by atoms with Gasteiger partial charge in [0.15, 0.2) is 0 Å². The minimum Gasteiger partial charge on any atom is -0.478 e. The molecule has 0 saturated carbocycles. The van der Waals surface area contributed by atoms with E-state index in [0.29, 0.717) is 0 Å². The zero-order valence-electron chi connectivity index (χ0n) is 13.0. The molecule has 0 amide bonds. The first-order chi connectivity index (χ1) is 10.8. The Kier molecular flexibility index (Phi) is 6.42. The molecule has 0 saturated heterocycles. The van der Waals surface area contributed by atoms with Crippen LogP contribution in [-0.4, -0.2) is 51.7 Å². The number of aromatic nitrogens is 3. The van der Waals surface area contributed by atoms with Crippen LogP contribution in [0.3, 0.4) is 0 Å². The van der Waals surface area contributed by atoms with Crippen molar-refractivity contribution in [3.05, 3.63) is 31.5 Å². The number of aromatic amines is 2. The molecule has 3 N–H and O–H groups in total. The van der Waals surface area contributed by atoms with Crippen LogP contribution >= 0.6 is 0 Å². The molecule has 0 aliphatic rings. The molecular weight excluding hydrogens is 314 g/mol. The molecule has 23 heavy (non-hydrogen) atoms. The second kappa shape index (κ2) is 7.85. The number of nitrogens with one attached hydrogen (secondary N) is 2. The first kappa shape index (κ1) is 18.8. The second-order valence-corrected chi connectivity index (χ2v) is 4.20. The Bertz CT molecular complexity index is 665. The molecule has 0 aromatic carbocycles. The summed E-state index contributed by atoms with van der Waals surface area (Å²) in [6.07, 6.45) is -1.60. The van der Waals surface area contributed by atoms with E-state index in [1.807, 2.05) is 0 Å². The Hall–Kier alpha value is -2.24. The second-order valence-electron chi connectivity index (χ2n) is 4.20. The molecule has 0 fully saturated rings. The molecule has 1 unspecified atom stereocenters. The van der Waals surface area contributed by atoms with E-state index >= 15 is 0 Å². The first-order valence-corrected chi connectivity index (χ1v) is 6.91. The number of carboxylic acids is 1. The monoisotopic (exact) mass is 333 g/mol. The quantitative estimate of drug-likeness (QED) is 0.457. The third-order valence-corrected chi connectivity index (χ3v) is 2.81. The summed E-state index contributed by atoms with van der Waals surface area (Å²) < 4.78 is 15.9. The van der Waals surface area contributed by atoms with Crippen LogP contribution in [0.25, 0.3) is 0 Å². The van der Waals surface area contributed by atoms with E-state index in [-0.39, 0.29) is 24.4 Å².